The smallest absolute Gasteiger partial charge is 0.328 e. The number of benzene rings is 1. The maximum atomic E-state index is 12.2. The number of amides is 3. The van der Waals surface area contributed by atoms with Gasteiger partial charge in [-0.2, -0.15) is 0 Å². The van der Waals surface area contributed by atoms with Crippen LogP contribution in [0.5, 0.6) is 0 Å². The molecule has 6 heteroatoms. The monoisotopic (exact) mass is 340 g/mol. The average Bonchev–Trinajstić information content (AvgIpc) is 3.06. The Morgan fingerprint density at radius 3 is 2.72 bits per heavy atom. The van der Waals surface area contributed by atoms with Crippen molar-refractivity contribution in [3.8, 4) is 0 Å². The number of piperidine rings is 1. The van der Waals surface area contributed by atoms with Gasteiger partial charge in [0.05, 0.1) is 11.2 Å². The maximum absolute atomic E-state index is 12.2. The van der Waals surface area contributed by atoms with E-state index < -0.39 is 0 Å². The SMILES string of the molecule is CC(C1CCNCC1)n1ccc2c(N3CCC(=O)NC3=O)cccc21. The number of nitrogens with zero attached hydrogens (tertiary/aromatic N) is 2. The minimum Gasteiger partial charge on any atom is -0.344 e. The molecule has 2 aliphatic heterocycles. The van der Waals surface area contributed by atoms with Gasteiger partial charge in [-0.25, -0.2) is 4.79 Å². The number of anilines is 1. The van der Waals surface area contributed by atoms with Crippen LogP contribution in [0.4, 0.5) is 10.5 Å². The third-order valence-corrected chi connectivity index (χ3v) is 5.59. The lowest BCUT2D eigenvalue weighted by molar-refractivity contribution is -0.120. The van der Waals surface area contributed by atoms with Crippen LogP contribution < -0.4 is 15.5 Å². The Balaban J connectivity index is 1.68. The van der Waals surface area contributed by atoms with Crippen molar-refractivity contribution in [2.45, 2.75) is 32.2 Å². The van der Waals surface area contributed by atoms with E-state index in [0.29, 0.717) is 24.9 Å². The normalized spacial score (nSPS) is 20.8. The molecule has 2 aliphatic rings. The standard InChI is InChI=1S/C19H24N4O2/c1-13(14-5-9-20-10-6-14)22-11-7-15-16(22)3-2-4-17(15)23-12-8-18(24)21-19(23)25/h2-4,7,11,13-14,20H,5-6,8-10,12H2,1H3,(H,21,24,25). The molecule has 1 unspecified atom stereocenters. The molecule has 6 nitrogen and oxygen atoms in total. The Bertz CT molecular complexity index is 807. The number of carbonyl (C=O) groups excluding carboxylic acids is 2. The van der Waals surface area contributed by atoms with Crippen LogP contribution in [-0.2, 0) is 4.79 Å². The number of nitrogens with one attached hydrogen (secondary N) is 2. The first kappa shape index (κ1) is 16.1. The average molecular weight is 340 g/mol. The first-order valence-electron chi connectivity index (χ1n) is 9.07. The summed E-state index contributed by atoms with van der Waals surface area (Å²) in [6.45, 7) is 4.88. The molecule has 3 amide bonds. The van der Waals surface area contributed by atoms with Crippen molar-refractivity contribution in [3.05, 3.63) is 30.5 Å². The van der Waals surface area contributed by atoms with E-state index in [1.165, 1.54) is 12.8 Å². The second-order valence-corrected chi connectivity index (χ2v) is 7.02. The summed E-state index contributed by atoms with van der Waals surface area (Å²) in [6.07, 6.45) is 4.86. The van der Waals surface area contributed by atoms with Crippen molar-refractivity contribution in [1.29, 1.82) is 0 Å². The molecule has 2 aromatic rings. The molecule has 4 rings (SSSR count). The number of fused-ring (bicyclic) bond motifs is 1. The number of urea groups is 1. The second-order valence-electron chi connectivity index (χ2n) is 7.02. The van der Waals surface area contributed by atoms with Gasteiger partial charge in [0.2, 0.25) is 5.91 Å². The number of carbonyl (C=O) groups is 2. The molecular weight excluding hydrogens is 316 g/mol. The molecule has 2 N–H and O–H groups in total. The highest BCUT2D eigenvalue weighted by atomic mass is 16.2. The topological polar surface area (TPSA) is 66.4 Å². The Hall–Kier alpha value is -2.34. The van der Waals surface area contributed by atoms with Crippen molar-refractivity contribution in [2.75, 3.05) is 24.5 Å². The predicted molar refractivity (Wildman–Crippen MR) is 97.7 cm³/mol. The molecule has 25 heavy (non-hydrogen) atoms. The number of hydrogen-bond donors (Lipinski definition) is 2. The molecule has 1 aromatic carbocycles. The lowest BCUT2D eigenvalue weighted by Crippen LogP contribution is -2.49. The van der Waals surface area contributed by atoms with E-state index in [2.05, 4.69) is 40.5 Å². The fourth-order valence-electron chi connectivity index (χ4n) is 4.11. The van der Waals surface area contributed by atoms with Gasteiger partial charge < -0.3 is 9.88 Å². The minimum atomic E-state index is -0.331. The predicted octanol–water partition coefficient (Wildman–Crippen LogP) is 2.65. The van der Waals surface area contributed by atoms with Gasteiger partial charge in [-0.15, -0.1) is 0 Å². The molecule has 2 fully saturated rings. The molecule has 3 heterocycles. The Labute approximate surface area is 147 Å². The van der Waals surface area contributed by atoms with Crippen molar-refractivity contribution in [1.82, 2.24) is 15.2 Å². The first-order chi connectivity index (χ1) is 12.1. The van der Waals surface area contributed by atoms with Crippen LogP contribution in [0.15, 0.2) is 30.5 Å². The van der Waals surface area contributed by atoms with Crippen molar-refractivity contribution < 1.29 is 9.59 Å². The summed E-state index contributed by atoms with van der Waals surface area (Å²) in [5, 5.41) is 6.90. The summed E-state index contributed by atoms with van der Waals surface area (Å²) in [6, 6.07) is 8.24. The lowest BCUT2D eigenvalue weighted by Gasteiger charge is -2.30. The van der Waals surface area contributed by atoms with E-state index in [1.54, 1.807) is 4.90 Å². The third kappa shape index (κ3) is 2.91. The Kier molecular flexibility index (Phi) is 4.21. The second kappa shape index (κ2) is 6.52. The molecule has 1 atom stereocenters. The zero-order valence-corrected chi connectivity index (χ0v) is 14.5. The maximum Gasteiger partial charge on any atom is 0.328 e. The van der Waals surface area contributed by atoms with Gasteiger partial charge in [-0.1, -0.05) is 6.07 Å². The zero-order valence-electron chi connectivity index (χ0n) is 14.5. The number of aromatic nitrogens is 1. The highest BCUT2D eigenvalue weighted by Crippen LogP contribution is 2.34. The Morgan fingerprint density at radius 2 is 1.96 bits per heavy atom. The van der Waals surface area contributed by atoms with Crippen LogP contribution in [0.1, 0.15) is 32.2 Å². The van der Waals surface area contributed by atoms with E-state index in [1.807, 2.05) is 12.1 Å². The summed E-state index contributed by atoms with van der Waals surface area (Å²) >= 11 is 0. The van der Waals surface area contributed by atoms with Gasteiger partial charge in [0, 0.05) is 30.6 Å². The summed E-state index contributed by atoms with van der Waals surface area (Å²) in [4.78, 5) is 25.3. The fraction of sp³-hybridized carbons (Fsp3) is 0.474. The van der Waals surface area contributed by atoms with Gasteiger partial charge in [0.25, 0.3) is 0 Å². The third-order valence-electron chi connectivity index (χ3n) is 5.59. The molecule has 0 radical (unpaired) electrons. The van der Waals surface area contributed by atoms with Crippen LogP contribution in [0.2, 0.25) is 0 Å². The number of hydrogen-bond acceptors (Lipinski definition) is 3. The van der Waals surface area contributed by atoms with Crippen LogP contribution in [0.3, 0.4) is 0 Å². The van der Waals surface area contributed by atoms with Crippen molar-refractivity contribution >= 4 is 28.5 Å². The molecule has 1 aromatic heterocycles. The van der Waals surface area contributed by atoms with Crippen LogP contribution in [-0.4, -0.2) is 36.1 Å². The van der Waals surface area contributed by atoms with Gasteiger partial charge in [0.1, 0.15) is 0 Å². The Morgan fingerprint density at radius 1 is 1.16 bits per heavy atom. The summed E-state index contributed by atoms with van der Waals surface area (Å²) in [5.74, 6) is 0.460. The van der Waals surface area contributed by atoms with Gasteiger partial charge >= 0.3 is 6.03 Å². The van der Waals surface area contributed by atoms with E-state index in [4.69, 9.17) is 0 Å². The highest BCUT2D eigenvalue weighted by molar-refractivity contribution is 6.09. The van der Waals surface area contributed by atoms with E-state index in [0.717, 1.165) is 29.7 Å². The molecule has 2 saturated heterocycles. The molecule has 0 spiro atoms. The van der Waals surface area contributed by atoms with Crippen molar-refractivity contribution in [2.24, 2.45) is 5.92 Å². The lowest BCUT2D eigenvalue weighted by atomic mass is 9.91. The number of rotatable bonds is 3. The summed E-state index contributed by atoms with van der Waals surface area (Å²) in [5.41, 5.74) is 2.02. The van der Waals surface area contributed by atoms with Crippen LogP contribution >= 0.6 is 0 Å². The van der Waals surface area contributed by atoms with E-state index in [-0.39, 0.29) is 11.9 Å². The van der Waals surface area contributed by atoms with Gasteiger partial charge in [0.15, 0.2) is 0 Å². The fourth-order valence-corrected chi connectivity index (χ4v) is 4.11. The molecule has 0 aliphatic carbocycles. The number of imide groups is 1. The molecular formula is C19H24N4O2. The summed E-state index contributed by atoms with van der Waals surface area (Å²) in [7, 11) is 0. The van der Waals surface area contributed by atoms with Gasteiger partial charge in [-0.05, 0) is 57.0 Å². The first-order valence-corrected chi connectivity index (χ1v) is 9.07. The van der Waals surface area contributed by atoms with Gasteiger partial charge in [-0.3, -0.25) is 15.0 Å². The molecule has 0 bridgehead atoms. The molecule has 132 valence electrons. The van der Waals surface area contributed by atoms with Crippen LogP contribution in [0.25, 0.3) is 10.9 Å². The highest BCUT2D eigenvalue weighted by Gasteiger charge is 2.27. The largest absolute Gasteiger partial charge is 0.344 e. The minimum absolute atomic E-state index is 0.203. The van der Waals surface area contributed by atoms with E-state index in [9.17, 15) is 9.59 Å². The van der Waals surface area contributed by atoms with Crippen molar-refractivity contribution in [3.63, 3.8) is 0 Å². The summed E-state index contributed by atoms with van der Waals surface area (Å²) < 4.78 is 2.34. The van der Waals surface area contributed by atoms with Crippen LogP contribution in [0, 0.1) is 5.92 Å². The van der Waals surface area contributed by atoms with E-state index >= 15 is 0 Å². The zero-order chi connectivity index (χ0) is 17.4. The molecule has 0 saturated carbocycles. The quantitative estimate of drug-likeness (QED) is 0.903.